The minimum Gasteiger partial charge on any atom is -0.288 e. The highest BCUT2D eigenvalue weighted by atomic mass is 16.2. The van der Waals surface area contributed by atoms with E-state index >= 15 is 0 Å². The number of hydrogen-bond donors (Lipinski definition) is 1. The quantitative estimate of drug-likeness (QED) is 0.622. The summed E-state index contributed by atoms with van der Waals surface area (Å²) in [5, 5.41) is 2.17. The van der Waals surface area contributed by atoms with Gasteiger partial charge in [-0.05, 0) is 20.5 Å². The van der Waals surface area contributed by atoms with Gasteiger partial charge < -0.3 is 0 Å². The highest BCUT2D eigenvalue weighted by molar-refractivity contribution is 6.22. The summed E-state index contributed by atoms with van der Waals surface area (Å²) in [4.78, 5) is 37.3. The SMILES string of the molecule is CCC1(N(C)C)C(=O)NC(=O)N(C)C1=O. The van der Waals surface area contributed by atoms with Crippen molar-refractivity contribution in [1.82, 2.24) is 15.1 Å². The molecule has 0 aromatic heterocycles. The minimum atomic E-state index is -1.26. The summed E-state index contributed by atoms with van der Waals surface area (Å²) < 4.78 is 0. The van der Waals surface area contributed by atoms with E-state index in [1.54, 1.807) is 21.0 Å². The summed E-state index contributed by atoms with van der Waals surface area (Å²) in [6.07, 6.45) is 0.322. The number of likely N-dealkylation sites (N-methyl/N-ethyl adjacent to an activating group) is 2. The average Bonchev–Trinajstić information content (AvgIpc) is 2.15. The summed E-state index contributed by atoms with van der Waals surface area (Å²) >= 11 is 0. The van der Waals surface area contributed by atoms with E-state index in [0.29, 0.717) is 6.42 Å². The van der Waals surface area contributed by atoms with Gasteiger partial charge in [-0.15, -0.1) is 0 Å². The predicted octanol–water partition coefficient (Wildman–Crippen LogP) is -0.595. The van der Waals surface area contributed by atoms with Crippen molar-refractivity contribution in [2.45, 2.75) is 18.9 Å². The Morgan fingerprint density at radius 2 is 1.87 bits per heavy atom. The van der Waals surface area contributed by atoms with Crippen LogP contribution in [0.5, 0.6) is 0 Å². The molecular weight excluding hydrogens is 198 g/mol. The standard InChI is InChI=1S/C9H15N3O3/c1-5-9(11(2)3)6(13)10-8(15)12(4)7(9)14/h5H2,1-4H3,(H,10,13,15). The summed E-state index contributed by atoms with van der Waals surface area (Å²) in [5.41, 5.74) is -1.26. The van der Waals surface area contributed by atoms with Gasteiger partial charge >= 0.3 is 6.03 Å². The van der Waals surface area contributed by atoms with Gasteiger partial charge in [-0.1, -0.05) is 6.92 Å². The number of nitrogens with zero attached hydrogens (tertiary/aromatic N) is 2. The maximum atomic E-state index is 11.9. The normalized spacial score (nSPS) is 27.3. The summed E-state index contributed by atoms with van der Waals surface area (Å²) in [5.74, 6) is -1.04. The molecular formula is C9H15N3O3. The molecule has 1 aliphatic rings. The van der Waals surface area contributed by atoms with Crippen molar-refractivity contribution < 1.29 is 14.4 Å². The molecule has 0 aromatic rings. The van der Waals surface area contributed by atoms with Crippen molar-refractivity contribution in [3.8, 4) is 0 Å². The predicted molar refractivity (Wildman–Crippen MR) is 53.0 cm³/mol. The van der Waals surface area contributed by atoms with E-state index in [-0.39, 0.29) is 0 Å². The molecule has 0 spiro atoms. The van der Waals surface area contributed by atoms with Crippen molar-refractivity contribution in [2.24, 2.45) is 0 Å². The van der Waals surface area contributed by atoms with Crippen LogP contribution in [0.1, 0.15) is 13.3 Å². The first-order valence-corrected chi connectivity index (χ1v) is 4.69. The van der Waals surface area contributed by atoms with Crippen LogP contribution in [-0.2, 0) is 9.59 Å². The molecule has 1 rings (SSSR count). The molecule has 6 heteroatoms. The second kappa shape index (κ2) is 3.62. The van der Waals surface area contributed by atoms with E-state index in [4.69, 9.17) is 0 Å². The highest BCUT2D eigenvalue weighted by Crippen LogP contribution is 2.23. The largest absolute Gasteiger partial charge is 0.330 e. The van der Waals surface area contributed by atoms with Crippen LogP contribution in [-0.4, -0.2) is 54.3 Å². The Kier molecular flexibility index (Phi) is 2.81. The molecule has 1 aliphatic heterocycles. The Labute approximate surface area is 88.2 Å². The molecule has 4 amide bonds. The van der Waals surface area contributed by atoms with Crippen LogP contribution in [0, 0.1) is 0 Å². The zero-order chi connectivity index (χ0) is 11.8. The van der Waals surface area contributed by atoms with Crippen LogP contribution in [0.25, 0.3) is 0 Å². The lowest BCUT2D eigenvalue weighted by Crippen LogP contribution is -2.71. The van der Waals surface area contributed by atoms with E-state index in [1.807, 2.05) is 0 Å². The van der Waals surface area contributed by atoms with Crippen LogP contribution in [0.2, 0.25) is 0 Å². The van der Waals surface area contributed by atoms with Crippen molar-refractivity contribution in [1.29, 1.82) is 0 Å². The number of nitrogens with one attached hydrogen (secondary N) is 1. The number of rotatable bonds is 2. The Morgan fingerprint density at radius 1 is 1.33 bits per heavy atom. The van der Waals surface area contributed by atoms with E-state index in [9.17, 15) is 14.4 Å². The molecule has 1 heterocycles. The maximum Gasteiger partial charge on any atom is 0.330 e. The Balaban J connectivity index is 3.21. The van der Waals surface area contributed by atoms with Crippen LogP contribution in [0.4, 0.5) is 4.79 Å². The molecule has 0 radical (unpaired) electrons. The molecule has 1 saturated heterocycles. The summed E-state index contributed by atoms with van der Waals surface area (Å²) in [7, 11) is 4.65. The van der Waals surface area contributed by atoms with Crippen molar-refractivity contribution in [3.63, 3.8) is 0 Å². The van der Waals surface area contributed by atoms with Gasteiger partial charge in [0.1, 0.15) is 0 Å². The first-order chi connectivity index (χ1) is 6.87. The smallest absolute Gasteiger partial charge is 0.288 e. The van der Waals surface area contributed by atoms with Gasteiger partial charge in [0.2, 0.25) is 0 Å². The third-order valence-corrected chi connectivity index (χ3v) is 2.83. The van der Waals surface area contributed by atoms with Gasteiger partial charge in [-0.25, -0.2) is 4.79 Å². The molecule has 84 valence electrons. The van der Waals surface area contributed by atoms with E-state index in [2.05, 4.69) is 5.32 Å². The minimum absolute atomic E-state index is 0.322. The molecule has 1 atom stereocenters. The van der Waals surface area contributed by atoms with E-state index in [0.717, 1.165) is 4.90 Å². The van der Waals surface area contributed by atoms with Gasteiger partial charge in [0.15, 0.2) is 5.54 Å². The van der Waals surface area contributed by atoms with Gasteiger partial charge in [0, 0.05) is 7.05 Å². The van der Waals surface area contributed by atoms with Crippen molar-refractivity contribution >= 4 is 17.8 Å². The van der Waals surface area contributed by atoms with Crippen LogP contribution in [0.15, 0.2) is 0 Å². The lowest BCUT2D eigenvalue weighted by atomic mass is 9.90. The van der Waals surface area contributed by atoms with Crippen LogP contribution < -0.4 is 5.32 Å². The first kappa shape index (κ1) is 11.6. The number of amides is 4. The Hall–Kier alpha value is -1.43. The number of carbonyl (C=O) groups excluding carboxylic acids is 3. The fraction of sp³-hybridized carbons (Fsp3) is 0.667. The lowest BCUT2D eigenvalue weighted by Gasteiger charge is -2.41. The van der Waals surface area contributed by atoms with Crippen LogP contribution >= 0.6 is 0 Å². The molecule has 1 unspecified atom stereocenters. The van der Waals surface area contributed by atoms with Crippen LogP contribution in [0.3, 0.4) is 0 Å². The molecule has 1 N–H and O–H groups in total. The number of hydrogen-bond acceptors (Lipinski definition) is 4. The molecule has 0 bridgehead atoms. The molecule has 15 heavy (non-hydrogen) atoms. The van der Waals surface area contributed by atoms with E-state index < -0.39 is 23.4 Å². The van der Waals surface area contributed by atoms with Gasteiger partial charge in [0.05, 0.1) is 0 Å². The third-order valence-electron chi connectivity index (χ3n) is 2.83. The lowest BCUT2D eigenvalue weighted by molar-refractivity contribution is -0.152. The fourth-order valence-corrected chi connectivity index (χ4v) is 1.77. The summed E-state index contributed by atoms with van der Waals surface area (Å²) in [6, 6.07) is -0.670. The van der Waals surface area contributed by atoms with Gasteiger partial charge in [-0.3, -0.25) is 24.7 Å². The number of carbonyl (C=O) groups is 3. The average molecular weight is 213 g/mol. The molecule has 6 nitrogen and oxygen atoms in total. The number of barbiturate groups is 1. The number of urea groups is 1. The highest BCUT2D eigenvalue weighted by Gasteiger charge is 2.53. The van der Waals surface area contributed by atoms with Gasteiger partial charge in [-0.2, -0.15) is 0 Å². The second-order valence-corrected chi connectivity index (χ2v) is 3.73. The topological polar surface area (TPSA) is 69.7 Å². The zero-order valence-electron chi connectivity index (χ0n) is 9.33. The maximum absolute atomic E-state index is 11.9. The third kappa shape index (κ3) is 1.41. The first-order valence-electron chi connectivity index (χ1n) is 4.69. The molecule has 0 aromatic carbocycles. The molecule has 0 aliphatic carbocycles. The van der Waals surface area contributed by atoms with E-state index in [1.165, 1.54) is 11.9 Å². The molecule has 0 saturated carbocycles. The van der Waals surface area contributed by atoms with Crippen molar-refractivity contribution in [2.75, 3.05) is 21.1 Å². The van der Waals surface area contributed by atoms with Crippen molar-refractivity contribution in [3.05, 3.63) is 0 Å². The monoisotopic (exact) mass is 213 g/mol. The summed E-state index contributed by atoms with van der Waals surface area (Å²) in [6.45, 7) is 1.74. The Bertz CT molecular complexity index is 327. The fourth-order valence-electron chi connectivity index (χ4n) is 1.77. The zero-order valence-corrected chi connectivity index (χ0v) is 9.33. The number of imide groups is 2. The Morgan fingerprint density at radius 3 is 2.27 bits per heavy atom. The van der Waals surface area contributed by atoms with Gasteiger partial charge in [0.25, 0.3) is 11.8 Å². The second-order valence-electron chi connectivity index (χ2n) is 3.73. The molecule has 1 fully saturated rings.